The number of carbonyl (C=O) groups is 2. The highest BCUT2D eigenvalue weighted by Crippen LogP contribution is 2.27. The molecule has 0 unspecified atom stereocenters. The predicted molar refractivity (Wildman–Crippen MR) is 94.7 cm³/mol. The molecule has 0 bridgehead atoms. The zero-order chi connectivity index (χ0) is 17.0. The van der Waals surface area contributed by atoms with Crippen molar-refractivity contribution < 1.29 is 9.59 Å². The summed E-state index contributed by atoms with van der Waals surface area (Å²) in [5, 5.41) is 6.29. The van der Waals surface area contributed by atoms with Gasteiger partial charge >= 0.3 is 0 Å². The van der Waals surface area contributed by atoms with Gasteiger partial charge in [0.15, 0.2) is 5.13 Å². The first-order chi connectivity index (χ1) is 10.8. The predicted octanol–water partition coefficient (Wildman–Crippen LogP) is 3.49. The van der Waals surface area contributed by atoms with Crippen molar-refractivity contribution in [2.45, 2.75) is 40.5 Å². The summed E-state index contributed by atoms with van der Waals surface area (Å²) < 4.78 is 1.07. The van der Waals surface area contributed by atoms with Crippen molar-refractivity contribution in [2.75, 3.05) is 11.9 Å². The van der Waals surface area contributed by atoms with E-state index < -0.39 is 5.41 Å². The van der Waals surface area contributed by atoms with Gasteiger partial charge in [-0.25, -0.2) is 4.98 Å². The van der Waals surface area contributed by atoms with Crippen molar-refractivity contribution >= 4 is 38.5 Å². The Morgan fingerprint density at radius 3 is 2.65 bits per heavy atom. The van der Waals surface area contributed by atoms with Crippen molar-refractivity contribution in [3.05, 3.63) is 23.8 Å². The minimum atomic E-state index is -0.402. The van der Waals surface area contributed by atoms with Gasteiger partial charge in [0, 0.05) is 18.4 Å². The van der Waals surface area contributed by atoms with Gasteiger partial charge in [0.25, 0.3) is 0 Å². The first-order valence-corrected chi connectivity index (χ1v) is 8.53. The molecule has 0 radical (unpaired) electrons. The van der Waals surface area contributed by atoms with E-state index in [1.807, 2.05) is 45.9 Å². The van der Waals surface area contributed by atoms with E-state index in [2.05, 4.69) is 15.6 Å². The van der Waals surface area contributed by atoms with E-state index in [9.17, 15) is 9.59 Å². The van der Waals surface area contributed by atoms with Crippen LogP contribution in [0.5, 0.6) is 0 Å². The number of benzene rings is 1. The van der Waals surface area contributed by atoms with E-state index in [0.29, 0.717) is 24.5 Å². The number of hydrogen-bond acceptors (Lipinski definition) is 4. The minimum Gasteiger partial charge on any atom is -0.356 e. The molecule has 2 rings (SSSR count). The minimum absolute atomic E-state index is 0.000411. The smallest absolute Gasteiger partial charge is 0.226 e. The molecule has 1 aromatic heterocycles. The van der Waals surface area contributed by atoms with Gasteiger partial charge in [-0.2, -0.15) is 0 Å². The summed E-state index contributed by atoms with van der Waals surface area (Å²) in [5.41, 5.74) is 1.63. The van der Waals surface area contributed by atoms with Crippen molar-refractivity contribution in [1.29, 1.82) is 0 Å². The number of rotatable bonds is 5. The molecule has 2 N–H and O–H groups in total. The number of carbonyl (C=O) groups excluding carboxylic acids is 2. The Balaban J connectivity index is 1.80. The lowest BCUT2D eigenvalue weighted by molar-refractivity contribution is -0.128. The molecule has 1 aromatic carbocycles. The summed E-state index contributed by atoms with van der Waals surface area (Å²) in [5.74, 6) is -0.0775. The van der Waals surface area contributed by atoms with E-state index in [1.54, 1.807) is 0 Å². The Kier molecular flexibility index (Phi) is 5.36. The first-order valence-electron chi connectivity index (χ1n) is 7.71. The zero-order valence-electron chi connectivity index (χ0n) is 14.0. The highest BCUT2D eigenvalue weighted by Gasteiger charge is 2.20. The number of hydrogen-bond donors (Lipinski definition) is 2. The Hall–Kier alpha value is -1.95. The topological polar surface area (TPSA) is 71.1 Å². The van der Waals surface area contributed by atoms with Crippen LogP contribution in [0.25, 0.3) is 10.2 Å². The van der Waals surface area contributed by atoms with Crippen LogP contribution >= 0.6 is 11.3 Å². The fourth-order valence-electron chi connectivity index (χ4n) is 2.04. The number of para-hydroxylation sites is 1. The molecular formula is C17H23N3O2S. The van der Waals surface area contributed by atoms with Crippen LogP contribution in [0.1, 0.15) is 39.2 Å². The number of anilines is 1. The third-order valence-electron chi connectivity index (χ3n) is 3.41. The van der Waals surface area contributed by atoms with Gasteiger partial charge in [-0.3, -0.25) is 9.59 Å². The third kappa shape index (κ3) is 4.76. The van der Waals surface area contributed by atoms with Crippen molar-refractivity contribution in [3.63, 3.8) is 0 Å². The molecule has 0 atom stereocenters. The number of amides is 2. The normalized spacial score (nSPS) is 11.5. The van der Waals surface area contributed by atoms with Crippen molar-refractivity contribution in [2.24, 2.45) is 5.41 Å². The third-order valence-corrected chi connectivity index (χ3v) is 4.35. The number of fused-ring (bicyclic) bond motifs is 1. The highest BCUT2D eigenvalue weighted by atomic mass is 32.1. The maximum atomic E-state index is 12.0. The fourth-order valence-corrected chi connectivity index (χ4v) is 3.00. The number of aryl methyl sites for hydroxylation is 1. The number of thiazole rings is 1. The fraction of sp³-hybridized carbons (Fsp3) is 0.471. The van der Waals surface area contributed by atoms with Crippen LogP contribution in [0.4, 0.5) is 5.13 Å². The van der Waals surface area contributed by atoms with E-state index in [1.165, 1.54) is 11.3 Å². The van der Waals surface area contributed by atoms with Gasteiger partial charge in [-0.15, -0.1) is 0 Å². The maximum absolute atomic E-state index is 12.0. The van der Waals surface area contributed by atoms with Gasteiger partial charge in [-0.05, 0) is 25.0 Å². The number of nitrogens with zero attached hydrogens (tertiary/aromatic N) is 1. The second kappa shape index (κ2) is 7.08. The van der Waals surface area contributed by atoms with Gasteiger partial charge in [0.2, 0.25) is 11.8 Å². The molecule has 0 spiro atoms. The van der Waals surface area contributed by atoms with E-state index in [0.717, 1.165) is 15.8 Å². The lowest BCUT2D eigenvalue weighted by atomic mass is 9.96. The summed E-state index contributed by atoms with van der Waals surface area (Å²) in [6, 6.07) is 5.99. The standard InChI is InChI=1S/C17H23N3O2S/c1-11-7-5-8-12-14(11)20-16(23-12)19-13(21)9-6-10-18-15(22)17(2,3)4/h5,7-8H,6,9-10H2,1-4H3,(H,18,22)(H,19,20,21). The molecule has 0 saturated carbocycles. The molecule has 0 aliphatic heterocycles. The van der Waals surface area contributed by atoms with Crippen molar-refractivity contribution in [3.8, 4) is 0 Å². The molecule has 5 nitrogen and oxygen atoms in total. The first kappa shape index (κ1) is 17.4. The molecule has 0 aliphatic carbocycles. The second-order valence-electron chi connectivity index (χ2n) is 6.60. The van der Waals surface area contributed by atoms with Crippen LogP contribution < -0.4 is 10.6 Å². The number of nitrogens with one attached hydrogen (secondary N) is 2. The molecule has 124 valence electrons. The molecule has 6 heteroatoms. The Bertz CT molecular complexity index is 716. The Morgan fingerprint density at radius 2 is 2.00 bits per heavy atom. The lowest BCUT2D eigenvalue weighted by Crippen LogP contribution is -2.35. The molecule has 2 amide bonds. The zero-order valence-corrected chi connectivity index (χ0v) is 14.8. The summed E-state index contributed by atoms with van der Waals surface area (Å²) in [6.07, 6.45) is 0.969. The molecular weight excluding hydrogens is 310 g/mol. The molecule has 0 fully saturated rings. The quantitative estimate of drug-likeness (QED) is 0.823. The SMILES string of the molecule is Cc1cccc2sc(NC(=O)CCCNC(=O)C(C)(C)C)nc12. The summed E-state index contributed by atoms with van der Waals surface area (Å²) in [7, 11) is 0. The molecule has 0 aliphatic rings. The Morgan fingerprint density at radius 1 is 1.26 bits per heavy atom. The molecule has 23 heavy (non-hydrogen) atoms. The molecule has 1 heterocycles. The molecule has 2 aromatic rings. The second-order valence-corrected chi connectivity index (χ2v) is 7.63. The molecule has 0 saturated heterocycles. The summed E-state index contributed by atoms with van der Waals surface area (Å²) in [4.78, 5) is 28.1. The van der Waals surface area contributed by atoms with E-state index in [-0.39, 0.29) is 11.8 Å². The lowest BCUT2D eigenvalue weighted by Gasteiger charge is -2.17. The van der Waals surface area contributed by atoms with Crippen molar-refractivity contribution in [1.82, 2.24) is 10.3 Å². The van der Waals surface area contributed by atoms with Gasteiger partial charge in [0.05, 0.1) is 10.2 Å². The van der Waals surface area contributed by atoms with Crippen LogP contribution in [0.3, 0.4) is 0 Å². The summed E-state index contributed by atoms with van der Waals surface area (Å²) >= 11 is 1.47. The van der Waals surface area contributed by atoms with E-state index in [4.69, 9.17) is 0 Å². The highest BCUT2D eigenvalue weighted by molar-refractivity contribution is 7.22. The Labute approximate surface area is 140 Å². The average Bonchev–Trinajstić information content (AvgIpc) is 2.86. The van der Waals surface area contributed by atoms with Crippen LogP contribution in [-0.2, 0) is 9.59 Å². The van der Waals surface area contributed by atoms with Crippen LogP contribution in [-0.4, -0.2) is 23.3 Å². The van der Waals surface area contributed by atoms with Crippen LogP contribution in [0, 0.1) is 12.3 Å². The monoisotopic (exact) mass is 333 g/mol. The van der Waals surface area contributed by atoms with Gasteiger partial charge in [0.1, 0.15) is 0 Å². The number of aromatic nitrogens is 1. The van der Waals surface area contributed by atoms with E-state index >= 15 is 0 Å². The van der Waals surface area contributed by atoms with Gasteiger partial charge in [-0.1, -0.05) is 44.2 Å². The van der Waals surface area contributed by atoms with Crippen LogP contribution in [0.15, 0.2) is 18.2 Å². The largest absolute Gasteiger partial charge is 0.356 e. The maximum Gasteiger partial charge on any atom is 0.226 e. The van der Waals surface area contributed by atoms with Crippen LogP contribution in [0.2, 0.25) is 0 Å². The average molecular weight is 333 g/mol. The summed E-state index contributed by atoms with van der Waals surface area (Å²) in [6.45, 7) is 8.10. The van der Waals surface area contributed by atoms with Gasteiger partial charge < -0.3 is 10.6 Å².